The molecule has 7 nitrogen and oxygen atoms in total. The minimum absolute atomic E-state index is 0.0811. The zero-order valence-electron chi connectivity index (χ0n) is 16.7. The van der Waals surface area contributed by atoms with Gasteiger partial charge < -0.3 is 10.2 Å². The lowest BCUT2D eigenvalue weighted by atomic mass is 10.1. The van der Waals surface area contributed by atoms with E-state index in [0.717, 1.165) is 29.8 Å². The highest BCUT2D eigenvalue weighted by Gasteiger charge is 2.24. The van der Waals surface area contributed by atoms with Crippen LogP contribution >= 0.6 is 0 Å². The van der Waals surface area contributed by atoms with Crippen molar-refractivity contribution >= 4 is 29.1 Å². The maximum absolute atomic E-state index is 12.6. The number of carbonyl (C=O) groups is 3. The molecule has 2 aliphatic rings. The summed E-state index contributed by atoms with van der Waals surface area (Å²) in [5, 5.41) is 8.54. The second-order valence-corrected chi connectivity index (χ2v) is 7.48. The summed E-state index contributed by atoms with van der Waals surface area (Å²) in [6.45, 7) is 1.47. The number of hydrazone groups is 1. The van der Waals surface area contributed by atoms with Gasteiger partial charge in [0.2, 0.25) is 11.8 Å². The molecule has 3 amide bonds. The van der Waals surface area contributed by atoms with E-state index in [9.17, 15) is 14.4 Å². The third kappa shape index (κ3) is 4.56. The van der Waals surface area contributed by atoms with Crippen LogP contribution in [0.3, 0.4) is 0 Å². The van der Waals surface area contributed by atoms with E-state index in [1.165, 1.54) is 5.01 Å². The fourth-order valence-corrected chi connectivity index (χ4v) is 3.64. The van der Waals surface area contributed by atoms with Crippen LogP contribution in [0, 0.1) is 0 Å². The Morgan fingerprint density at radius 3 is 2.37 bits per heavy atom. The summed E-state index contributed by atoms with van der Waals surface area (Å²) in [5.41, 5.74) is 3.16. The van der Waals surface area contributed by atoms with Crippen LogP contribution < -0.4 is 10.2 Å². The highest BCUT2D eigenvalue weighted by Crippen LogP contribution is 2.21. The lowest BCUT2D eigenvalue weighted by molar-refractivity contribution is -0.132. The first kappa shape index (κ1) is 19.8. The zero-order chi connectivity index (χ0) is 20.9. The van der Waals surface area contributed by atoms with Gasteiger partial charge in [-0.05, 0) is 29.7 Å². The van der Waals surface area contributed by atoms with Crippen LogP contribution in [0.2, 0.25) is 0 Å². The van der Waals surface area contributed by atoms with Crippen LogP contribution in [0.1, 0.15) is 36.8 Å². The van der Waals surface area contributed by atoms with Gasteiger partial charge in [0, 0.05) is 38.0 Å². The normalized spacial score (nSPS) is 16.6. The zero-order valence-corrected chi connectivity index (χ0v) is 16.7. The lowest BCUT2D eigenvalue weighted by Crippen LogP contribution is -2.38. The largest absolute Gasteiger partial charge is 0.347 e. The Morgan fingerprint density at radius 1 is 0.900 bits per heavy atom. The summed E-state index contributed by atoms with van der Waals surface area (Å²) < 4.78 is 0. The molecule has 0 unspecified atom stereocenters. The predicted molar refractivity (Wildman–Crippen MR) is 114 cm³/mol. The molecule has 1 saturated heterocycles. The minimum Gasteiger partial charge on any atom is -0.347 e. The van der Waals surface area contributed by atoms with Crippen molar-refractivity contribution in [1.82, 2.24) is 10.3 Å². The van der Waals surface area contributed by atoms with Crippen LogP contribution in [-0.2, 0) is 27.5 Å². The molecule has 30 heavy (non-hydrogen) atoms. The molecular formula is C23H24N4O3. The third-order valence-electron chi connectivity index (χ3n) is 5.32. The van der Waals surface area contributed by atoms with Crippen molar-refractivity contribution in [1.29, 1.82) is 0 Å². The molecule has 2 aliphatic heterocycles. The highest BCUT2D eigenvalue weighted by atomic mass is 16.2. The molecule has 0 spiro atoms. The van der Waals surface area contributed by atoms with E-state index in [2.05, 4.69) is 10.4 Å². The van der Waals surface area contributed by atoms with Crippen molar-refractivity contribution in [2.45, 2.75) is 38.8 Å². The Morgan fingerprint density at radius 2 is 1.67 bits per heavy atom. The monoisotopic (exact) mass is 404 g/mol. The number of rotatable bonds is 6. The van der Waals surface area contributed by atoms with Gasteiger partial charge in [-0.1, -0.05) is 42.5 Å². The van der Waals surface area contributed by atoms with Gasteiger partial charge in [0.25, 0.3) is 5.91 Å². The molecular weight excluding hydrogens is 380 g/mol. The van der Waals surface area contributed by atoms with Gasteiger partial charge in [0.15, 0.2) is 0 Å². The van der Waals surface area contributed by atoms with Crippen molar-refractivity contribution in [3.8, 4) is 0 Å². The Labute approximate surface area is 175 Å². The van der Waals surface area contributed by atoms with E-state index in [0.29, 0.717) is 31.6 Å². The molecule has 0 radical (unpaired) electrons. The standard InChI is InChI=1S/C23H24N4O3/c28-21-7-4-14-26(21)19-10-8-17(9-11-19)15-24-23(30)20-12-13-22(29)27(25-20)16-18-5-2-1-3-6-18/h1-3,5-6,8-11H,4,7,12-16H2,(H,24,30). The molecule has 0 saturated carbocycles. The van der Waals surface area contributed by atoms with E-state index in [1.807, 2.05) is 54.6 Å². The van der Waals surface area contributed by atoms with E-state index < -0.39 is 0 Å². The van der Waals surface area contributed by atoms with Crippen LogP contribution in [-0.4, -0.2) is 35.0 Å². The summed E-state index contributed by atoms with van der Waals surface area (Å²) in [5.74, 6) is -0.192. The number of nitrogens with one attached hydrogen (secondary N) is 1. The Kier molecular flexibility index (Phi) is 5.88. The van der Waals surface area contributed by atoms with Crippen molar-refractivity contribution in [2.24, 2.45) is 5.10 Å². The average molecular weight is 404 g/mol. The molecule has 1 fully saturated rings. The first-order valence-corrected chi connectivity index (χ1v) is 10.2. The highest BCUT2D eigenvalue weighted by molar-refractivity contribution is 6.39. The number of hydrogen-bond donors (Lipinski definition) is 1. The molecule has 2 heterocycles. The van der Waals surface area contributed by atoms with Crippen molar-refractivity contribution in [2.75, 3.05) is 11.4 Å². The maximum Gasteiger partial charge on any atom is 0.267 e. The fraction of sp³-hybridized carbons (Fsp3) is 0.304. The molecule has 2 aromatic carbocycles. The topological polar surface area (TPSA) is 82.1 Å². The molecule has 0 bridgehead atoms. The summed E-state index contributed by atoms with van der Waals surface area (Å²) in [7, 11) is 0. The Hall–Kier alpha value is -3.48. The van der Waals surface area contributed by atoms with Crippen molar-refractivity contribution in [3.63, 3.8) is 0 Å². The first-order valence-electron chi connectivity index (χ1n) is 10.2. The van der Waals surface area contributed by atoms with Gasteiger partial charge in [-0.15, -0.1) is 0 Å². The third-order valence-corrected chi connectivity index (χ3v) is 5.32. The number of nitrogens with zero attached hydrogens (tertiary/aromatic N) is 3. The quantitative estimate of drug-likeness (QED) is 0.804. The van der Waals surface area contributed by atoms with Crippen LogP contribution in [0.15, 0.2) is 59.7 Å². The van der Waals surface area contributed by atoms with Gasteiger partial charge in [-0.25, -0.2) is 5.01 Å². The average Bonchev–Trinajstić information content (AvgIpc) is 3.20. The molecule has 0 aromatic heterocycles. The Balaban J connectivity index is 1.35. The predicted octanol–water partition coefficient (Wildman–Crippen LogP) is 2.61. The second kappa shape index (κ2) is 8.90. The number of hydrogen-bond acceptors (Lipinski definition) is 4. The summed E-state index contributed by atoms with van der Waals surface area (Å²) >= 11 is 0. The lowest BCUT2D eigenvalue weighted by Gasteiger charge is -2.23. The molecule has 7 heteroatoms. The fourth-order valence-electron chi connectivity index (χ4n) is 3.64. The maximum atomic E-state index is 12.6. The van der Waals surface area contributed by atoms with Gasteiger partial charge in [-0.2, -0.15) is 5.10 Å². The second-order valence-electron chi connectivity index (χ2n) is 7.48. The molecule has 0 aliphatic carbocycles. The number of amides is 3. The summed E-state index contributed by atoms with van der Waals surface area (Å²) in [4.78, 5) is 38.4. The van der Waals surface area contributed by atoms with E-state index in [-0.39, 0.29) is 24.1 Å². The smallest absolute Gasteiger partial charge is 0.267 e. The summed E-state index contributed by atoms with van der Waals surface area (Å²) in [6.07, 6.45) is 2.11. The first-order chi connectivity index (χ1) is 14.6. The molecule has 0 atom stereocenters. The van der Waals surface area contributed by atoms with Crippen LogP contribution in [0.4, 0.5) is 5.69 Å². The van der Waals surface area contributed by atoms with Gasteiger partial charge in [-0.3, -0.25) is 14.4 Å². The van der Waals surface area contributed by atoms with Gasteiger partial charge in [0.05, 0.1) is 6.54 Å². The SMILES string of the molecule is O=C(NCc1ccc(N2CCCC2=O)cc1)C1=NN(Cc2ccccc2)C(=O)CC1. The van der Waals surface area contributed by atoms with E-state index >= 15 is 0 Å². The molecule has 4 rings (SSSR count). The van der Waals surface area contributed by atoms with Gasteiger partial charge in [0.1, 0.15) is 5.71 Å². The summed E-state index contributed by atoms with van der Waals surface area (Å²) in [6, 6.07) is 17.2. The Bertz CT molecular complexity index is 970. The molecule has 2 aromatic rings. The molecule has 154 valence electrons. The van der Waals surface area contributed by atoms with Crippen molar-refractivity contribution < 1.29 is 14.4 Å². The molecule has 1 N–H and O–H groups in total. The van der Waals surface area contributed by atoms with E-state index in [4.69, 9.17) is 0 Å². The van der Waals surface area contributed by atoms with E-state index in [1.54, 1.807) is 4.90 Å². The van der Waals surface area contributed by atoms with Crippen LogP contribution in [0.25, 0.3) is 0 Å². The van der Waals surface area contributed by atoms with Crippen molar-refractivity contribution in [3.05, 3.63) is 65.7 Å². The number of benzene rings is 2. The van der Waals surface area contributed by atoms with Crippen LogP contribution in [0.5, 0.6) is 0 Å². The number of anilines is 1. The minimum atomic E-state index is -0.264. The number of carbonyl (C=O) groups excluding carboxylic acids is 3. The van der Waals surface area contributed by atoms with Gasteiger partial charge >= 0.3 is 0 Å².